The number of likely N-dealkylation sites (N-methyl/N-ethyl adjacent to an activating group) is 1. The molecular weight excluding hydrogens is 412 g/mol. The van der Waals surface area contributed by atoms with Gasteiger partial charge in [-0.25, -0.2) is 15.0 Å². The Bertz CT molecular complexity index is 1140. The first-order valence-corrected chi connectivity index (χ1v) is 10.7. The van der Waals surface area contributed by atoms with E-state index in [2.05, 4.69) is 42.3 Å². The average Bonchev–Trinajstić information content (AvgIpc) is 3.10. The van der Waals surface area contributed by atoms with Gasteiger partial charge in [-0.3, -0.25) is 4.79 Å². The minimum absolute atomic E-state index is 0.177. The number of thiazole rings is 1. The molecule has 0 aliphatic carbocycles. The van der Waals surface area contributed by atoms with Crippen LogP contribution in [-0.4, -0.2) is 65.7 Å². The highest BCUT2D eigenvalue weighted by Crippen LogP contribution is 2.28. The van der Waals surface area contributed by atoms with Crippen molar-refractivity contribution < 1.29 is 4.79 Å². The van der Waals surface area contributed by atoms with E-state index in [0.29, 0.717) is 30.5 Å². The SMILES string of the molecule is C=C(/C=N\NC)c1ccc2nc(Nc3cc(N4CCC(=O)N(C)CC4)ccn3)sc2n1. The zero-order valence-corrected chi connectivity index (χ0v) is 18.3. The molecule has 0 aromatic carbocycles. The fraction of sp³-hybridized carbons (Fsp3) is 0.286. The number of hydrazone groups is 1. The highest BCUT2D eigenvalue weighted by atomic mass is 32.1. The van der Waals surface area contributed by atoms with Gasteiger partial charge >= 0.3 is 0 Å². The number of fused-ring (bicyclic) bond motifs is 1. The Balaban J connectivity index is 1.51. The van der Waals surface area contributed by atoms with Crippen molar-refractivity contribution in [1.29, 1.82) is 0 Å². The summed E-state index contributed by atoms with van der Waals surface area (Å²) in [4.78, 5) is 30.4. The molecule has 0 bridgehead atoms. The van der Waals surface area contributed by atoms with Gasteiger partial charge in [0.05, 0.1) is 11.9 Å². The van der Waals surface area contributed by atoms with Crippen molar-refractivity contribution in [3.63, 3.8) is 0 Å². The summed E-state index contributed by atoms with van der Waals surface area (Å²) in [6.45, 7) is 6.19. The number of amides is 1. The molecular formula is C21H24N8OS. The second-order valence-corrected chi connectivity index (χ2v) is 8.10. The van der Waals surface area contributed by atoms with E-state index in [9.17, 15) is 4.79 Å². The van der Waals surface area contributed by atoms with Crippen LogP contribution in [0.2, 0.25) is 0 Å². The first-order chi connectivity index (χ1) is 15.0. The Morgan fingerprint density at radius 1 is 1.26 bits per heavy atom. The summed E-state index contributed by atoms with van der Waals surface area (Å²) in [5, 5.41) is 7.97. The van der Waals surface area contributed by atoms with Gasteiger partial charge in [-0.1, -0.05) is 17.9 Å². The first-order valence-electron chi connectivity index (χ1n) is 9.92. The van der Waals surface area contributed by atoms with Gasteiger partial charge in [-0.05, 0) is 18.2 Å². The van der Waals surface area contributed by atoms with E-state index in [1.165, 1.54) is 11.3 Å². The normalized spacial score (nSPS) is 14.8. The van der Waals surface area contributed by atoms with E-state index in [1.807, 2.05) is 31.3 Å². The van der Waals surface area contributed by atoms with Gasteiger partial charge in [-0.2, -0.15) is 5.10 Å². The molecule has 1 aliphatic rings. The smallest absolute Gasteiger partial charge is 0.224 e. The third-order valence-electron chi connectivity index (χ3n) is 5.00. The molecule has 1 amide bonds. The van der Waals surface area contributed by atoms with Gasteiger partial charge in [0.1, 0.15) is 16.2 Å². The number of carbonyl (C=O) groups is 1. The highest BCUT2D eigenvalue weighted by molar-refractivity contribution is 7.21. The van der Waals surface area contributed by atoms with Crippen molar-refractivity contribution in [1.82, 2.24) is 25.3 Å². The third-order valence-corrected chi connectivity index (χ3v) is 5.88. The molecule has 1 fully saturated rings. The van der Waals surface area contributed by atoms with Gasteiger partial charge in [-0.15, -0.1) is 0 Å². The lowest BCUT2D eigenvalue weighted by atomic mass is 10.2. The predicted molar refractivity (Wildman–Crippen MR) is 126 cm³/mol. The van der Waals surface area contributed by atoms with Crippen LogP contribution in [0.1, 0.15) is 12.1 Å². The summed E-state index contributed by atoms with van der Waals surface area (Å²) in [5.41, 5.74) is 6.01. The lowest BCUT2D eigenvalue weighted by molar-refractivity contribution is -0.129. The lowest BCUT2D eigenvalue weighted by Crippen LogP contribution is -2.30. The summed E-state index contributed by atoms with van der Waals surface area (Å²) >= 11 is 1.45. The van der Waals surface area contributed by atoms with Gasteiger partial charge < -0.3 is 20.5 Å². The summed E-state index contributed by atoms with van der Waals surface area (Å²) in [6, 6.07) is 7.75. The number of hydrogen-bond acceptors (Lipinski definition) is 9. The largest absolute Gasteiger partial charge is 0.369 e. The van der Waals surface area contributed by atoms with Crippen molar-refractivity contribution >= 4 is 56.0 Å². The van der Waals surface area contributed by atoms with Crippen LogP contribution in [0.3, 0.4) is 0 Å². The number of anilines is 3. The maximum Gasteiger partial charge on any atom is 0.224 e. The molecule has 0 unspecified atom stereocenters. The molecule has 0 spiro atoms. The second-order valence-electron chi connectivity index (χ2n) is 7.12. The average molecular weight is 437 g/mol. The molecule has 160 valence electrons. The van der Waals surface area contributed by atoms with Crippen LogP contribution >= 0.6 is 11.3 Å². The molecule has 3 aromatic rings. The maximum absolute atomic E-state index is 11.9. The van der Waals surface area contributed by atoms with Crippen molar-refractivity contribution in [3.8, 4) is 0 Å². The maximum atomic E-state index is 11.9. The van der Waals surface area contributed by atoms with Crippen molar-refractivity contribution in [2.75, 3.05) is 43.9 Å². The second kappa shape index (κ2) is 9.09. The zero-order chi connectivity index (χ0) is 21.8. The molecule has 4 rings (SSSR count). The fourth-order valence-corrected chi connectivity index (χ4v) is 4.08. The fourth-order valence-electron chi connectivity index (χ4n) is 3.24. The topological polar surface area (TPSA) is 98.6 Å². The molecule has 2 N–H and O–H groups in total. The van der Waals surface area contributed by atoms with Crippen LogP contribution in [0.4, 0.5) is 16.6 Å². The lowest BCUT2D eigenvalue weighted by Gasteiger charge is -2.22. The van der Waals surface area contributed by atoms with E-state index >= 15 is 0 Å². The standard InChI is InChI=1S/C21H24N8OS/c1-14(13-24-22-2)16-4-5-17-20(25-16)31-21(26-17)27-18-12-15(6-8-23-18)29-9-7-19(30)28(3)10-11-29/h4-6,8,12-13,22H,1,7,9-11H2,2-3H3,(H,23,26,27)/b24-13-. The van der Waals surface area contributed by atoms with Gasteiger partial charge in [0.25, 0.3) is 0 Å². The number of hydrogen-bond donors (Lipinski definition) is 2. The number of nitrogens with one attached hydrogen (secondary N) is 2. The summed E-state index contributed by atoms with van der Waals surface area (Å²) < 4.78 is 0. The Kier molecular flexibility index (Phi) is 6.08. The summed E-state index contributed by atoms with van der Waals surface area (Å²) in [7, 11) is 3.58. The van der Waals surface area contributed by atoms with E-state index in [4.69, 9.17) is 0 Å². The van der Waals surface area contributed by atoms with Crippen molar-refractivity contribution in [2.45, 2.75) is 6.42 Å². The number of aromatic nitrogens is 3. The Morgan fingerprint density at radius 2 is 2.13 bits per heavy atom. The van der Waals surface area contributed by atoms with Crippen LogP contribution in [0.5, 0.6) is 0 Å². The number of allylic oxidation sites excluding steroid dienone is 1. The minimum atomic E-state index is 0.177. The van der Waals surface area contributed by atoms with E-state index in [1.54, 1.807) is 24.4 Å². The van der Waals surface area contributed by atoms with Crippen molar-refractivity contribution in [3.05, 3.63) is 42.7 Å². The van der Waals surface area contributed by atoms with Gasteiger partial charge in [0.2, 0.25) is 5.91 Å². The van der Waals surface area contributed by atoms with Crippen molar-refractivity contribution in [2.24, 2.45) is 5.10 Å². The summed E-state index contributed by atoms with van der Waals surface area (Å²) in [6.07, 6.45) is 3.92. The van der Waals surface area contributed by atoms with Crippen LogP contribution < -0.4 is 15.6 Å². The first kappa shape index (κ1) is 20.7. The van der Waals surface area contributed by atoms with E-state index in [-0.39, 0.29) is 5.91 Å². The third kappa shape index (κ3) is 4.80. The van der Waals surface area contributed by atoms with Crippen LogP contribution in [0.25, 0.3) is 15.9 Å². The number of pyridine rings is 2. The predicted octanol–water partition coefficient (Wildman–Crippen LogP) is 2.72. The Hall–Kier alpha value is -3.53. The molecule has 0 radical (unpaired) electrons. The molecule has 4 heterocycles. The van der Waals surface area contributed by atoms with Crippen LogP contribution in [0, 0.1) is 0 Å². The molecule has 31 heavy (non-hydrogen) atoms. The van der Waals surface area contributed by atoms with Crippen LogP contribution in [-0.2, 0) is 4.79 Å². The Labute approximate surface area is 184 Å². The summed E-state index contributed by atoms with van der Waals surface area (Å²) in [5.74, 6) is 0.877. The van der Waals surface area contributed by atoms with E-state index in [0.717, 1.165) is 33.8 Å². The molecule has 3 aromatic heterocycles. The monoisotopic (exact) mass is 436 g/mol. The van der Waals surface area contributed by atoms with E-state index < -0.39 is 0 Å². The number of carbonyl (C=O) groups excluding carboxylic acids is 1. The molecule has 10 heteroatoms. The number of nitrogens with zero attached hydrogens (tertiary/aromatic N) is 6. The van der Waals surface area contributed by atoms with Gasteiger partial charge in [0, 0.05) is 63.7 Å². The number of rotatable bonds is 6. The molecule has 1 aliphatic heterocycles. The quantitative estimate of drug-likeness (QED) is 0.453. The zero-order valence-electron chi connectivity index (χ0n) is 17.5. The van der Waals surface area contributed by atoms with Gasteiger partial charge in [0.15, 0.2) is 5.13 Å². The molecule has 0 atom stereocenters. The highest BCUT2D eigenvalue weighted by Gasteiger charge is 2.18. The Morgan fingerprint density at radius 3 is 2.97 bits per heavy atom. The molecule has 0 saturated carbocycles. The molecule has 1 saturated heterocycles. The minimum Gasteiger partial charge on any atom is -0.369 e. The molecule has 9 nitrogen and oxygen atoms in total. The van der Waals surface area contributed by atoms with Crippen LogP contribution in [0.15, 0.2) is 42.1 Å².